The van der Waals surface area contributed by atoms with E-state index in [9.17, 15) is 9.90 Å². The van der Waals surface area contributed by atoms with Gasteiger partial charge in [-0.15, -0.1) is 0 Å². The predicted molar refractivity (Wildman–Crippen MR) is 66.9 cm³/mol. The first-order chi connectivity index (χ1) is 8.61. The summed E-state index contributed by atoms with van der Waals surface area (Å²) in [5, 5.41) is 10.3. The van der Waals surface area contributed by atoms with Crippen molar-refractivity contribution in [3.05, 3.63) is 42.0 Å². The van der Waals surface area contributed by atoms with Crippen LogP contribution in [0.4, 0.5) is 0 Å². The normalized spacial score (nSPS) is 26.8. The van der Waals surface area contributed by atoms with Gasteiger partial charge in [0.05, 0.1) is 13.2 Å². The van der Waals surface area contributed by atoms with Crippen LogP contribution in [0.15, 0.2) is 30.8 Å². The van der Waals surface area contributed by atoms with E-state index < -0.39 is 5.60 Å². The number of carbonyl (C=O) groups excluding carboxylic acids is 1. The zero-order valence-electron chi connectivity index (χ0n) is 10.1. The lowest BCUT2D eigenvalue weighted by atomic mass is 10.0. The van der Waals surface area contributed by atoms with Gasteiger partial charge in [-0.05, 0) is 6.07 Å². The van der Waals surface area contributed by atoms with Crippen molar-refractivity contribution >= 4 is 11.6 Å². The Morgan fingerprint density at radius 1 is 1.39 bits per heavy atom. The number of ether oxygens (including phenoxy) is 1. The molecule has 1 aromatic carbocycles. The van der Waals surface area contributed by atoms with E-state index in [-0.39, 0.29) is 19.1 Å². The fraction of sp³-hybridized carbons (Fsp3) is 0.357. The minimum atomic E-state index is -0.944. The molecular formula is C14H15NO3. The minimum Gasteiger partial charge on any atom is -0.386 e. The second-order valence-corrected chi connectivity index (χ2v) is 4.91. The predicted octanol–water partition coefficient (Wildman–Crippen LogP) is 1.26. The van der Waals surface area contributed by atoms with Crippen LogP contribution in [0.2, 0.25) is 0 Å². The van der Waals surface area contributed by atoms with Gasteiger partial charge in [0.2, 0.25) is 0 Å². The van der Waals surface area contributed by atoms with Gasteiger partial charge < -0.3 is 14.7 Å². The summed E-state index contributed by atoms with van der Waals surface area (Å²) in [4.78, 5) is 13.8. The van der Waals surface area contributed by atoms with Gasteiger partial charge in [0.25, 0.3) is 5.91 Å². The first-order valence-corrected chi connectivity index (χ1v) is 6.01. The van der Waals surface area contributed by atoms with Crippen LogP contribution in [0.1, 0.15) is 22.3 Å². The van der Waals surface area contributed by atoms with Crippen molar-refractivity contribution in [1.82, 2.24) is 4.90 Å². The highest BCUT2D eigenvalue weighted by Gasteiger charge is 2.40. The Morgan fingerprint density at radius 3 is 2.72 bits per heavy atom. The number of benzene rings is 1. The van der Waals surface area contributed by atoms with Crippen LogP contribution in [-0.2, 0) is 4.74 Å². The lowest BCUT2D eigenvalue weighted by molar-refractivity contribution is 0.00905. The zero-order valence-corrected chi connectivity index (χ0v) is 10.1. The fourth-order valence-electron chi connectivity index (χ4n) is 2.52. The minimum absolute atomic E-state index is 0.0871. The van der Waals surface area contributed by atoms with Gasteiger partial charge in [-0.25, -0.2) is 0 Å². The third-order valence-corrected chi connectivity index (χ3v) is 3.57. The number of nitrogens with zero attached hydrogens (tertiary/aromatic N) is 1. The van der Waals surface area contributed by atoms with Crippen LogP contribution in [0.5, 0.6) is 0 Å². The molecule has 4 nitrogen and oxygen atoms in total. The lowest BCUT2D eigenvalue weighted by Crippen LogP contribution is -2.43. The Balaban J connectivity index is 1.88. The molecule has 94 valence electrons. The number of rotatable bonds is 2. The molecule has 4 heteroatoms. The number of fused-ring (bicyclic) bond motifs is 1. The average Bonchev–Trinajstić information content (AvgIpc) is 2.89. The topological polar surface area (TPSA) is 49.8 Å². The van der Waals surface area contributed by atoms with Crippen molar-refractivity contribution in [3.63, 3.8) is 0 Å². The van der Waals surface area contributed by atoms with Crippen molar-refractivity contribution in [1.29, 1.82) is 0 Å². The molecule has 0 aromatic heterocycles. The SMILES string of the molecule is C=C1c2ccccc2C(=O)N1CC1(O)CCOC1. The Morgan fingerprint density at radius 2 is 2.11 bits per heavy atom. The van der Waals surface area contributed by atoms with Crippen molar-refractivity contribution in [2.75, 3.05) is 19.8 Å². The molecule has 0 radical (unpaired) electrons. The summed E-state index contributed by atoms with van der Waals surface area (Å²) in [6.07, 6.45) is 0.556. The van der Waals surface area contributed by atoms with Crippen molar-refractivity contribution < 1.29 is 14.6 Å². The molecule has 0 bridgehead atoms. The fourth-order valence-corrected chi connectivity index (χ4v) is 2.52. The van der Waals surface area contributed by atoms with Gasteiger partial charge >= 0.3 is 0 Å². The number of hydrogen-bond donors (Lipinski definition) is 1. The molecule has 1 amide bonds. The van der Waals surface area contributed by atoms with Gasteiger partial charge in [-0.2, -0.15) is 0 Å². The van der Waals surface area contributed by atoms with Crippen LogP contribution >= 0.6 is 0 Å². The summed E-state index contributed by atoms with van der Waals surface area (Å²) < 4.78 is 5.20. The molecule has 0 aliphatic carbocycles. The summed E-state index contributed by atoms with van der Waals surface area (Å²) >= 11 is 0. The number of carbonyl (C=O) groups is 1. The molecule has 1 N–H and O–H groups in total. The number of hydrogen-bond acceptors (Lipinski definition) is 3. The van der Waals surface area contributed by atoms with Crippen LogP contribution in [0.25, 0.3) is 5.70 Å². The zero-order chi connectivity index (χ0) is 12.8. The molecule has 1 unspecified atom stereocenters. The molecular weight excluding hydrogens is 230 g/mol. The number of amides is 1. The van der Waals surface area contributed by atoms with E-state index in [1.54, 1.807) is 11.0 Å². The maximum absolute atomic E-state index is 12.3. The maximum atomic E-state index is 12.3. The van der Waals surface area contributed by atoms with Crippen LogP contribution in [-0.4, -0.2) is 41.3 Å². The molecule has 2 heterocycles. The van der Waals surface area contributed by atoms with E-state index >= 15 is 0 Å². The third kappa shape index (κ3) is 1.65. The Bertz CT molecular complexity index is 483. The lowest BCUT2D eigenvalue weighted by Gasteiger charge is -2.27. The van der Waals surface area contributed by atoms with E-state index in [1.165, 1.54) is 0 Å². The summed E-state index contributed by atoms with van der Waals surface area (Å²) in [6, 6.07) is 7.39. The molecule has 3 rings (SSSR count). The molecule has 0 spiro atoms. The van der Waals surface area contributed by atoms with Gasteiger partial charge in [-0.1, -0.05) is 24.8 Å². The number of aliphatic hydroxyl groups is 1. The Kier molecular flexibility index (Phi) is 2.50. The molecule has 2 aliphatic heterocycles. The Hall–Kier alpha value is -1.65. The van der Waals surface area contributed by atoms with Crippen molar-refractivity contribution in [2.45, 2.75) is 12.0 Å². The van der Waals surface area contributed by atoms with Crippen molar-refractivity contribution in [3.8, 4) is 0 Å². The van der Waals surface area contributed by atoms with E-state index in [4.69, 9.17) is 4.74 Å². The Labute approximate surface area is 105 Å². The molecule has 1 aromatic rings. The highest BCUT2D eigenvalue weighted by Crippen LogP contribution is 2.33. The van der Waals surface area contributed by atoms with E-state index in [0.29, 0.717) is 24.3 Å². The molecule has 1 fully saturated rings. The van der Waals surface area contributed by atoms with E-state index in [2.05, 4.69) is 6.58 Å². The smallest absolute Gasteiger partial charge is 0.259 e. The first-order valence-electron chi connectivity index (χ1n) is 6.01. The van der Waals surface area contributed by atoms with Gasteiger partial charge in [0.1, 0.15) is 5.60 Å². The molecule has 1 saturated heterocycles. The molecule has 1 atom stereocenters. The molecule has 2 aliphatic rings. The van der Waals surface area contributed by atoms with Gasteiger partial charge in [0.15, 0.2) is 0 Å². The summed E-state index contributed by atoms with van der Waals surface area (Å²) in [5.74, 6) is -0.0871. The average molecular weight is 245 g/mol. The van der Waals surface area contributed by atoms with Gasteiger partial charge in [-0.3, -0.25) is 4.79 Å². The van der Waals surface area contributed by atoms with Crippen LogP contribution in [0, 0.1) is 0 Å². The van der Waals surface area contributed by atoms with E-state index in [0.717, 1.165) is 5.56 Å². The monoisotopic (exact) mass is 245 g/mol. The first kappa shape index (κ1) is 11.4. The largest absolute Gasteiger partial charge is 0.386 e. The summed E-state index contributed by atoms with van der Waals surface area (Å²) in [5.41, 5.74) is 1.23. The van der Waals surface area contributed by atoms with Crippen molar-refractivity contribution in [2.24, 2.45) is 0 Å². The van der Waals surface area contributed by atoms with E-state index in [1.807, 2.05) is 18.2 Å². The number of β-amino-alcohol motifs (C(OH)–C–C–N with tert-alkyl or cyclic N) is 1. The highest BCUT2D eigenvalue weighted by molar-refractivity contribution is 6.08. The van der Waals surface area contributed by atoms with Crippen LogP contribution < -0.4 is 0 Å². The summed E-state index contributed by atoms with van der Waals surface area (Å²) in [6.45, 7) is 5.02. The molecule has 0 saturated carbocycles. The summed E-state index contributed by atoms with van der Waals surface area (Å²) in [7, 11) is 0. The quantitative estimate of drug-likeness (QED) is 0.853. The second kappa shape index (κ2) is 3.93. The third-order valence-electron chi connectivity index (χ3n) is 3.57. The molecule has 18 heavy (non-hydrogen) atoms. The second-order valence-electron chi connectivity index (χ2n) is 4.91. The van der Waals surface area contributed by atoms with Gasteiger partial charge in [0, 0.05) is 29.9 Å². The van der Waals surface area contributed by atoms with Crippen LogP contribution in [0.3, 0.4) is 0 Å². The standard InChI is InChI=1S/C14H15NO3/c1-10-11-4-2-3-5-12(11)13(16)15(10)8-14(17)6-7-18-9-14/h2-5,17H,1,6-9H2. The highest BCUT2D eigenvalue weighted by atomic mass is 16.5. The maximum Gasteiger partial charge on any atom is 0.259 e.